The van der Waals surface area contributed by atoms with E-state index in [2.05, 4.69) is 0 Å². The molecule has 0 bridgehead atoms. The summed E-state index contributed by atoms with van der Waals surface area (Å²) in [5.74, 6) is -2.29. The van der Waals surface area contributed by atoms with Crippen LogP contribution in [0.25, 0.3) is 5.76 Å². The van der Waals surface area contributed by atoms with E-state index in [1.807, 2.05) is 0 Å². The van der Waals surface area contributed by atoms with Crippen LogP contribution in [0.5, 0.6) is 17.2 Å². The fourth-order valence-electron chi connectivity index (χ4n) is 3.12. The Labute approximate surface area is 191 Å². The van der Waals surface area contributed by atoms with E-state index >= 15 is 0 Å². The molecule has 0 atom stereocenters. The first kappa shape index (κ1) is 23.7. The molecule has 0 saturated heterocycles. The molecule has 2 aromatic carbocycles. The van der Waals surface area contributed by atoms with Crippen LogP contribution in [-0.2, 0) is 11.3 Å². The number of aliphatic hydroxyl groups excluding tert-OH is 1. The van der Waals surface area contributed by atoms with Gasteiger partial charge in [0.15, 0.2) is 11.3 Å². The minimum absolute atomic E-state index is 0.144. The number of halogens is 1. The highest BCUT2D eigenvalue weighted by atomic mass is 32.2. The van der Waals surface area contributed by atoms with Gasteiger partial charge >= 0.3 is 5.69 Å². The maximum atomic E-state index is 14.5. The number of hydrogen-bond donors (Lipinski definition) is 2. The molecule has 1 amide bonds. The minimum atomic E-state index is -0.947. The molecule has 3 rings (SSSR count). The zero-order valence-corrected chi connectivity index (χ0v) is 18.3. The highest BCUT2D eigenvalue weighted by Crippen LogP contribution is 2.39. The van der Waals surface area contributed by atoms with Crippen molar-refractivity contribution < 1.29 is 33.8 Å². The molecule has 0 radical (unpaired) electrons. The van der Waals surface area contributed by atoms with Crippen LogP contribution in [0, 0.1) is 27.3 Å². The van der Waals surface area contributed by atoms with Crippen LogP contribution in [0.15, 0.2) is 34.7 Å². The van der Waals surface area contributed by atoms with Gasteiger partial charge in [0.05, 0.1) is 23.5 Å². The quantitative estimate of drug-likeness (QED) is 0.211. The van der Waals surface area contributed by atoms with E-state index < -0.39 is 39.4 Å². The molecule has 33 heavy (non-hydrogen) atoms. The van der Waals surface area contributed by atoms with Crippen molar-refractivity contribution in [2.24, 2.45) is 0 Å². The second kappa shape index (κ2) is 9.66. The third-order valence-electron chi connectivity index (χ3n) is 4.77. The zero-order chi connectivity index (χ0) is 24.3. The van der Waals surface area contributed by atoms with Gasteiger partial charge in [-0.25, -0.2) is 4.39 Å². The summed E-state index contributed by atoms with van der Waals surface area (Å²) in [5.41, 5.74) is -1.67. The van der Waals surface area contributed by atoms with Crippen molar-refractivity contribution in [1.29, 1.82) is 5.26 Å². The SMILES string of the molecule is COc1cc(/C(O)=C(\C#N)C(=O)N(C)Cc2cc3c(cc2F)SCCO3)cc([N+](=O)[O-])c1O. The maximum Gasteiger partial charge on any atom is 0.315 e. The first-order valence-electron chi connectivity index (χ1n) is 9.40. The number of rotatable bonds is 6. The Hall–Kier alpha value is -3.98. The third-order valence-corrected chi connectivity index (χ3v) is 5.77. The van der Waals surface area contributed by atoms with Crippen LogP contribution >= 0.6 is 11.8 Å². The van der Waals surface area contributed by atoms with Gasteiger partial charge in [0.1, 0.15) is 23.4 Å². The lowest BCUT2D eigenvalue weighted by molar-refractivity contribution is -0.386. The number of ether oxygens (including phenoxy) is 2. The van der Waals surface area contributed by atoms with Crippen molar-refractivity contribution >= 4 is 29.1 Å². The molecule has 10 nitrogen and oxygen atoms in total. The molecule has 2 N–H and O–H groups in total. The van der Waals surface area contributed by atoms with Gasteiger partial charge in [-0.05, 0) is 18.2 Å². The molecule has 1 heterocycles. The standard InChI is InChI=1S/C21H18FN3O7S/c1-24(10-12-7-16-18(8-14(12)22)33-4-3-32-16)21(28)13(9-23)19(26)11-5-15(25(29)30)20(27)17(6-11)31-2/h5-8,26-27H,3-4,10H2,1-2H3/b19-13-. The summed E-state index contributed by atoms with van der Waals surface area (Å²) in [6, 6.07) is 6.21. The number of aliphatic hydroxyl groups is 1. The van der Waals surface area contributed by atoms with Crippen LogP contribution in [0.1, 0.15) is 11.1 Å². The smallest absolute Gasteiger partial charge is 0.315 e. The number of amides is 1. The van der Waals surface area contributed by atoms with Gasteiger partial charge in [0.25, 0.3) is 5.91 Å². The molecule has 0 saturated carbocycles. The highest BCUT2D eigenvalue weighted by molar-refractivity contribution is 7.99. The summed E-state index contributed by atoms with van der Waals surface area (Å²) in [5, 5.41) is 41.1. The Morgan fingerprint density at radius 2 is 2.15 bits per heavy atom. The van der Waals surface area contributed by atoms with E-state index in [0.717, 1.165) is 24.1 Å². The summed E-state index contributed by atoms with van der Waals surface area (Å²) >= 11 is 1.45. The summed E-state index contributed by atoms with van der Waals surface area (Å²) in [6.45, 7) is 0.235. The van der Waals surface area contributed by atoms with Crippen LogP contribution < -0.4 is 9.47 Å². The Kier molecular flexibility index (Phi) is 6.93. The number of phenolic OH excluding ortho intramolecular Hbond substituents is 1. The predicted octanol–water partition coefficient (Wildman–Crippen LogP) is 3.38. The van der Waals surface area contributed by atoms with E-state index in [1.54, 1.807) is 6.07 Å². The lowest BCUT2D eigenvalue weighted by Gasteiger charge is -2.21. The van der Waals surface area contributed by atoms with Crippen LogP contribution in [0.3, 0.4) is 0 Å². The first-order valence-corrected chi connectivity index (χ1v) is 10.4. The Balaban J connectivity index is 1.94. The van der Waals surface area contributed by atoms with Crippen LogP contribution in [0.2, 0.25) is 0 Å². The molecule has 12 heteroatoms. The Morgan fingerprint density at radius 3 is 2.79 bits per heavy atom. The summed E-state index contributed by atoms with van der Waals surface area (Å²) in [6.07, 6.45) is 0. The number of nitrogens with zero attached hydrogens (tertiary/aromatic N) is 3. The van der Waals surface area contributed by atoms with Crippen molar-refractivity contribution in [1.82, 2.24) is 4.90 Å². The number of phenols is 1. The molecular weight excluding hydrogens is 457 g/mol. The van der Waals surface area contributed by atoms with Crippen molar-refractivity contribution in [2.75, 3.05) is 26.5 Å². The first-order chi connectivity index (χ1) is 15.7. The van der Waals surface area contributed by atoms with E-state index in [9.17, 15) is 34.8 Å². The van der Waals surface area contributed by atoms with Crippen LogP contribution in [-0.4, -0.2) is 52.5 Å². The number of aromatic hydroxyl groups is 1. The lowest BCUT2D eigenvalue weighted by atomic mass is 10.1. The van der Waals surface area contributed by atoms with Crippen LogP contribution in [0.4, 0.5) is 10.1 Å². The second-order valence-electron chi connectivity index (χ2n) is 6.89. The number of carbonyl (C=O) groups excluding carboxylic acids is 1. The molecule has 1 aliphatic rings. The van der Waals surface area contributed by atoms with Gasteiger partial charge in [0, 0.05) is 36.5 Å². The number of nitriles is 1. The lowest BCUT2D eigenvalue weighted by Crippen LogP contribution is -2.28. The molecular formula is C21H18FN3O7S. The largest absolute Gasteiger partial charge is 0.506 e. The van der Waals surface area contributed by atoms with E-state index in [-0.39, 0.29) is 23.4 Å². The molecule has 172 valence electrons. The number of hydrogen-bond acceptors (Lipinski definition) is 9. The normalized spacial score (nSPS) is 13.2. The number of likely N-dealkylation sites (N-methyl/N-ethyl adjacent to an activating group) is 1. The fraction of sp³-hybridized carbons (Fsp3) is 0.238. The Morgan fingerprint density at radius 1 is 1.42 bits per heavy atom. The van der Waals surface area contributed by atoms with Gasteiger partial charge in [-0.3, -0.25) is 14.9 Å². The summed E-state index contributed by atoms with van der Waals surface area (Å²) in [7, 11) is 2.45. The monoisotopic (exact) mass is 475 g/mol. The van der Waals surface area contributed by atoms with Crippen molar-refractivity contribution in [2.45, 2.75) is 11.4 Å². The zero-order valence-electron chi connectivity index (χ0n) is 17.5. The topological polar surface area (TPSA) is 146 Å². The highest BCUT2D eigenvalue weighted by Gasteiger charge is 2.26. The molecule has 2 aromatic rings. The Bertz CT molecular complexity index is 1210. The van der Waals surface area contributed by atoms with E-state index in [0.29, 0.717) is 23.0 Å². The predicted molar refractivity (Wildman–Crippen MR) is 116 cm³/mol. The molecule has 0 spiro atoms. The van der Waals surface area contributed by atoms with Gasteiger partial charge in [0.2, 0.25) is 5.75 Å². The molecule has 0 aliphatic carbocycles. The van der Waals surface area contributed by atoms with Crippen molar-refractivity contribution in [3.63, 3.8) is 0 Å². The average molecular weight is 475 g/mol. The van der Waals surface area contributed by atoms with Gasteiger partial charge in [-0.15, -0.1) is 11.8 Å². The number of thioether (sulfide) groups is 1. The number of nitro groups is 1. The number of nitro benzene ring substituents is 1. The average Bonchev–Trinajstić information content (AvgIpc) is 2.79. The maximum absolute atomic E-state index is 14.5. The number of benzene rings is 2. The van der Waals surface area contributed by atoms with Crippen molar-refractivity contribution in [3.05, 3.63) is 56.9 Å². The van der Waals surface area contributed by atoms with E-state index in [1.165, 1.54) is 30.9 Å². The minimum Gasteiger partial charge on any atom is -0.506 e. The molecule has 0 fully saturated rings. The third kappa shape index (κ3) is 4.78. The second-order valence-corrected chi connectivity index (χ2v) is 8.02. The number of methoxy groups -OCH3 is 1. The van der Waals surface area contributed by atoms with E-state index in [4.69, 9.17) is 9.47 Å². The molecule has 0 aromatic heterocycles. The van der Waals surface area contributed by atoms with Gasteiger partial charge in [-0.1, -0.05) is 0 Å². The number of fused-ring (bicyclic) bond motifs is 1. The van der Waals surface area contributed by atoms with Gasteiger partial charge < -0.3 is 24.6 Å². The fourth-order valence-corrected chi connectivity index (χ4v) is 3.95. The molecule has 1 aliphatic heterocycles. The summed E-state index contributed by atoms with van der Waals surface area (Å²) in [4.78, 5) is 24.8. The van der Waals surface area contributed by atoms with Gasteiger partial charge in [-0.2, -0.15) is 5.26 Å². The van der Waals surface area contributed by atoms with Crippen molar-refractivity contribution in [3.8, 4) is 23.3 Å². The number of carbonyl (C=O) groups is 1. The summed E-state index contributed by atoms with van der Waals surface area (Å²) < 4.78 is 24.9. The molecule has 0 unspecified atom stereocenters.